The summed E-state index contributed by atoms with van der Waals surface area (Å²) in [6.45, 7) is 0. The molecule has 8 nitrogen and oxygen atoms in total. The second-order valence-electron chi connectivity index (χ2n) is 8.12. The molecule has 0 saturated heterocycles. The molecule has 1 spiro atoms. The fraction of sp³-hybridized carbons (Fsp3) is 0.125. The molecule has 1 N–H and O–H groups in total. The lowest BCUT2D eigenvalue weighted by Crippen LogP contribution is -2.31. The van der Waals surface area contributed by atoms with Crippen LogP contribution in [-0.2, 0) is 10.3 Å². The minimum Gasteiger partial charge on any atom is -0.307 e. The zero-order valence-electron chi connectivity index (χ0n) is 17.6. The van der Waals surface area contributed by atoms with Crippen LogP contribution in [0.1, 0.15) is 23.2 Å². The van der Waals surface area contributed by atoms with Crippen molar-refractivity contribution in [3.63, 3.8) is 0 Å². The van der Waals surface area contributed by atoms with Crippen LogP contribution in [0.3, 0.4) is 0 Å². The summed E-state index contributed by atoms with van der Waals surface area (Å²) in [5, 5.41) is 2.48. The van der Waals surface area contributed by atoms with Gasteiger partial charge in [-0.1, -0.05) is 12.1 Å². The quantitative estimate of drug-likeness (QED) is 0.498. The first-order valence-electron chi connectivity index (χ1n) is 10.6. The monoisotopic (exact) mass is 458 g/mol. The number of aromatic nitrogens is 4. The first kappa shape index (κ1) is 20.2. The maximum atomic E-state index is 15.3. The van der Waals surface area contributed by atoms with Gasteiger partial charge in [0.25, 0.3) is 11.8 Å². The summed E-state index contributed by atoms with van der Waals surface area (Å²) in [4.78, 5) is 39.5. The maximum Gasteiger partial charge on any atom is 0.260 e. The molecular formula is C24H16F2N6O2. The summed E-state index contributed by atoms with van der Waals surface area (Å²) in [5.41, 5.74) is -0.551. The summed E-state index contributed by atoms with van der Waals surface area (Å²) >= 11 is 0. The van der Waals surface area contributed by atoms with Crippen molar-refractivity contribution in [2.75, 3.05) is 10.2 Å². The van der Waals surface area contributed by atoms with Gasteiger partial charge < -0.3 is 5.32 Å². The van der Waals surface area contributed by atoms with E-state index in [1.54, 1.807) is 47.3 Å². The van der Waals surface area contributed by atoms with Crippen molar-refractivity contribution in [1.29, 1.82) is 0 Å². The van der Waals surface area contributed by atoms with E-state index in [2.05, 4.69) is 20.3 Å². The van der Waals surface area contributed by atoms with E-state index in [4.69, 9.17) is 0 Å². The van der Waals surface area contributed by atoms with E-state index in [0.717, 1.165) is 17.0 Å². The number of carbonyl (C=O) groups excluding carboxylic acids is 2. The second-order valence-corrected chi connectivity index (χ2v) is 8.12. The van der Waals surface area contributed by atoms with Crippen molar-refractivity contribution in [2.45, 2.75) is 18.4 Å². The van der Waals surface area contributed by atoms with E-state index >= 15 is 8.78 Å². The number of benzene rings is 1. The third kappa shape index (κ3) is 2.92. The van der Waals surface area contributed by atoms with Gasteiger partial charge in [0, 0.05) is 18.0 Å². The lowest BCUT2D eigenvalue weighted by molar-refractivity contribution is -0.120. The van der Waals surface area contributed by atoms with Gasteiger partial charge in [-0.15, -0.1) is 0 Å². The molecule has 1 aliphatic carbocycles. The van der Waals surface area contributed by atoms with Crippen LogP contribution in [0.2, 0.25) is 0 Å². The van der Waals surface area contributed by atoms with E-state index in [-0.39, 0.29) is 17.3 Å². The lowest BCUT2D eigenvalue weighted by Gasteiger charge is -2.17. The molecule has 1 aromatic carbocycles. The molecule has 10 heteroatoms. The number of amides is 2. The Kier molecular flexibility index (Phi) is 4.31. The van der Waals surface area contributed by atoms with Crippen molar-refractivity contribution < 1.29 is 18.4 Å². The minimum atomic E-state index is -1.05. The number of hydrogen-bond acceptors (Lipinski definition) is 5. The Bertz CT molecular complexity index is 1430. The predicted octanol–water partition coefficient (Wildman–Crippen LogP) is 4.04. The topological polar surface area (TPSA) is 93.0 Å². The van der Waals surface area contributed by atoms with Crippen LogP contribution in [0.5, 0.6) is 0 Å². The highest BCUT2D eigenvalue weighted by atomic mass is 19.1. The number of carbonyl (C=O) groups is 2. The van der Waals surface area contributed by atoms with Crippen molar-refractivity contribution in [1.82, 2.24) is 19.5 Å². The molecule has 2 amide bonds. The first-order chi connectivity index (χ1) is 16.5. The number of hydrogen-bond donors (Lipinski definition) is 1. The highest BCUT2D eigenvalue weighted by molar-refractivity contribution is 6.10. The highest BCUT2D eigenvalue weighted by Gasteiger charge is 2.62. The van der Waals surface area contributed by atoms with Crippen LogP contribution in [0.25, 0.3) is 11.4 Å². The molecule has 4 aromatic rings. The van der Waals surface area contributed by atoms with E-state index in [1.165, 1.54) is 6.20 Å². The van der Waals surface area contributed by atoms with E-state index in [1.807, 2.05) is 6.07 Å². The highest BCUT2D eigenvalue weighted by Crippen LogP contribution is 2.56. The number of halogens is 2. The lowest BCUT2D eigenvalue weighted by atomic mass is 10.1. The average molecular weight is 458 g/mol. The Balaban J connectivity index is 1.40. The molecule has 1 saturated carbocycles. The van der Waals surface area contributed by atoms with Gasteiger partial charge in [-0.05, 0) is 49.2 Å². The van der Waals surface area contributed by atoms with Crippen LogP contribution >= 0.6 is 0 Å². The Labute approximate surface area is 191 Å². The molecule has 0 atom stereocenters. The Morgan fingerprint density at radius 3 is 2.29 bits per heavy atom. The third-order valence-corrected chi connectivity index (χ3v) is 6.03. The van der Waals surface area contributed by atoms with Crippen LogP contribution in [0.15, 0.2) is 67.1 Å². The molecule has 168 valence electrons. The fourth-order valence-corrected chi connectivity index (χ4v) is 4.30. The largest absolute Gasteiger partial charge is 0.307 e. The maximum absolute atomic E-state index is 15.3. The van der Waals surface area contributed by atoms with Crippen LogP contribution in [0.4, 0.5) is 26.2 Å². The summed E-state index contributed by atoms with van der Waals surface area (Å²) in [6.07, 6.45) is 5.70. The molecular weight excluding hydrogens is 442 g/mol. The van der Waals surface area contributed by atoms with E-state index in [0.29, 0.717) is 24.2 Å². The molecule has 34 heavy (non-hydrogen) atoms. The minimum absolute atomic E-state index is 0.117. The van der Waals surface area contributed by atoms with Crippen LogP contribution < -0.4 is 10.2 Å². The number of pyridine rings is 2. The predicted molar refractivity (Wildman–Crippen MR) is 118 cm³/mol. The smallest absolute Gasteiger partial charge is 0.260 e. The Morgan fingerprint density at radius 2 is 1.68 bits per heavy atom. The van der Waals surface area contributed by atoms with Gasteiger partial charge in [0.05, 0.1) is 17.6 Å². The van der Waals surface area contributed by atoms with Crippen molar-refractivity contribution >= 4 is 29.3 Å². The molecule has 0 radical (unpaired) electrons. The van der Waals surface area contributed by atoms with Gasteiger partial charge in [-0.2, -0.15) is 0 Å². The summed E-state index contributed by atoms with van der Waals surface area (Å²) in [6, 6.07) is 12.0. The summed E-state index contributed by atoms with van der Waals surface area (Å²) in [5.74, 6) is -2.93. The number of nitrogens with zero attached hydrogens (tertiary/aromatic N) is 5. The molecule has 0 unspecified atom stereocenters. The standard InChI is InChI=1S/C24H16F2N6O2/c25-15-11-14(21(33)30-19-6-2-4-10-28-19)12-16(26)20(15)31-22(34)24(7-8-24)32-18(13-29-23(31)32)17-5-1-3-9-27-17/h1-6,9-13H,7-8H2,(H,28,30,33). The second kappa shape index (κ2) is 7.27. The van der Waals surface area contributed by atoms with Crippen LogP contribution in [-0.4, -0.2) is 31.3 Å². The number of rotatable bonds is 4. The van der Waals surface area contributed by atoms with E-state index < -0.39 is 34.7 Å². The van der Waals surface area contributed by atoms with Crippen LogP contribution in [0, 0.1) is 11.6 Å². The van der Waals surface area contributed by atoms with Gasteiger partial charge in [0.2, 0.25) is 5.95 Å². The average Bonchev–Trinajstić information content (AvgIpc) is 3.48. The van der Waals surface area contributed by atoms with Gasteiger partial charge >= 0.3 is 0 Å². The molecule has 1 aliphatic heterocycles. The van der Waals surface area contributed by atoms with Gasteiger partial charge in [0.1, 0.15) is 17.0 Å². The Morgan fingerprint density at radius 1 is 0.971 bits per heavy atom. The SMILES string of the molecule is O=C(Nc1ccccn1)c1cc(F)c(N2C(=O)C3(CC3)n3c(-c4ccccn4)cnc32)c(F)c1. The number of nitrogens with one attached hydrogen (secondary N) is 1. The molecule has 4 heterocycles. The van der Waals surface area contributed by atoms with Gasteiger partial charge in [0.15, 0.2) is 11.6 Å². The number of fused-ring (bicyclic) bond motifs is 2. The first-order valence-corrected chi connectivity index (χ1v) is 10.6. The summed E-state index contributed by atoms with van der Waals surface area (Å²) < 4.78 is 32.2. The molecule has 0 bridgehead atoms. The van der Waals surface area contributed by atoms with E-state index in [9.17, 15) is 9.59 Å². The van der Waals surface area contributed by atoms with Gasteiger partial charge in [-0.25, -0.2) is 23.6 Å². The van der Waals surface area contributed by atoms with Crippen molar-refractivity contribution in [3.8, 4) is 11.4 Å². The molecule has 6 rings (SSSR count). The number of anilines is 3. The number of imidazole rings is 1. The Hall–Kier alpha value is -4.47. The zero-order chi connectivity index (χ0) is 23.4. The molecule has 2 aliphatic rings. The normalized spacial score (nSPS) is 15.5. The summed E-state index contributed by atoms with van der Waals surface area (Å²) in [7, 11) is 0. The molecule has 1 fully saturated rings. The van der Waals surface area contributed by atoms with Crippen molar-refractivity contribution in [3.05, 3.63) is 84.3 Å². The molecule has 3 aromatic heterocycles. The van der Waals surface area contributed by atoms with Crippen molar-refractivity contribution in [2.24, 2.45) is 0 Å². The zero-order valence-corrected chi connectivity index (χ0v) is 17.6. The fourth-order valence-electron chi connectivity index (χ4n) is 4.30. The third-order valence-electron chi connectivity index (χ3n) is 6.03. The van der Waals surface area contributed by atoms with Gasteiger partial charge in [-0.3, -0.25) is 19.1 Å².